The highest BCUT2D eigenvalue weighted by Gasteiger charge is 2.08. The zero-order valence-corrected chi connectivity index (χ0v) is 8.67. The van der Waals surface area contributed by atoms with Gasteiger partial charge < -0.3 is 5.73 Å². The maximum absolute atomic E-state index is 12.7. The van der Waals surface area contributed by atoms with Crippen molar-refractivity contribution < 1.29 is 4.39 Å². The van der Waals surface area contributed by atoms with E-state index in [4.69, 9.17) is 5.73 Å². The molecule has 0 radical (unpaired) electrons. The van der Waals surface area contributed by atoms with Crippen molar-refractivity contribution in [1.82, 2.24) is 0 Å². The lowest BCUT2D eigenvalue weighted by atomic mass is 9.92. The van der Waals surface area contributed by atoms with Crippen LogP contribution in [0.15, 0.2) is 24.3 Å². The Balaban J connectivity index is 2.64. The molecule has 0 aromatic heterocycles. The van der Waals surface area contributed by atoms with E-state index in [9.17, 15) is 4.39 Å². The number of hydrogen-bond acceptors (Lipinski definition) is 1. The Labute approximate surface area is 85.1 Å². The highest BCUT2D eigenvalue weighted by molar-refractivity contribution is 5.20. The van der Waals surface area contributed by atoms with E-state index in [-0.39, 0.29) is 5.82 Å². The van der Waals surface area contributed by atoms with Crippen LogP contribution in [0.3, 0.4) is 0 Å². The highest BCUT2D eigenvalue weighted by atomic mass is 19.1. The molecule has 0 amide bonds. The van der Waals surface area contributed by atoms with E-state index in [2.05, 4.69) is 6.92 Å². The Morgan fingerprint density at radius 3 is 2.43 bits per heavy atom. The summed E-state index contributed by atoms with van der Waals surface area (Å²) < 4.78 is 12.7. The highest BCUT2D eigenvalue weighted by Crippen LogP contribution is 2.24. The molecule has 2 heteroatoms. The number of halogens is 1. The van der Waals surface area contributed by atoms with Crippen molar-refractivity contribution in [2.24, 2.45) is 5.73 Å². The van der Waals surface area contributed by atoms with Crippen LogP contribution in [0.2, 0.25) is 0 Å². The zero-order valence-electron chi connectivity index (χ0n) is 8.67. The van der Waals surface area contributed by atoms with E-state index in [1.54, 1.807) is 0 Å². The molecule has 0 saturated heterocycles. The lowest BCUT2D eigenvalue weighted by Gasteiger charge is -2.14. The number of hydrogen-bond donors (Lipinski definition) is 1. The topological polar surface area (TPSA) is 26.0 Å². The van der Waals surface area contributed by atoms with Gasteiger partial charge in [0.05, 0.1) is 0 Å². The summed E-state index contributed by atoms with van der Waals surface area (Å²) in [5.41, 5.74) is 6.70. The zero-order chi connectivity index (χ0) is 10.4. The van der Waals surface area contributed by atoms with Crippen LogP contribution in [0.5, 0.6) is 0 Å². The molecule has 2 N–H and O–H groups in total. The van der Waals surface area contributed by atoms with E-state index in [0.29, 0.717) is 5.92 Å². The second-order valence-corrected chi connectivity index (χ2v) is 3.59. The molecular weight excluding hydrogens is 177 g/mol. The van der Waals surface area contributed by atoms with E-state index in [1.807, 2.05) is 12.1 Å². The first-order valence-corrected chi connectivity index (χ1v) is 5.23. The van der Waals surface area contributed by atoms with Gasteiger partial charge in [-0.2, -0.15) is 0 Å². The van der Waals surface area contributed by atoms with E-state index in [1.165, 1.54) is 17.7 Å². The maximum atomic E-state index is 12.7. The summed E-state index contributed by atoms with van der Waals surface area (Å²) in [5, 5.41) is 0. The minimum Gasteiger partial charge on any atom is -0.330 e. The smallest absolute Gasteiger partial charge is 0.123 e. The van der Waals surface area contributed by atoms with Gasteiger partial charge in [-0.25, -0.2) is 4.39 Å². The molecule has 1 atom stereocenters. The Hall–Kier alpha value is -0.890. The molecule has 0 aliphatic heterocycles. The predicted octanol–water partition coefficient (Wildman–Crippen LogP) is 3.06. The molecule has 0 saturated carbocycles. The third-order valence-electron chi connectivity index (χ3n) is 2.59. The first-order chi connectivity index (χ1) is 6.77. The molecular formula is C12H18FN. The van der Waals surface area contributed by atoms with E-state index in [0.717, 1.165) is 25.8 Å². The monoisotopic (exact) mass is 195 g/mol. The van der Waals surface area contributed by atoms with Gasteiger partial charge in [0.25, 0.3) is 0 Å². The minimum atomic E-state index is -0.164. The van der Waals surface area contributed by atoms with Crippen molar-refractivity contribution in [3.05, 3.63) is 35.6 Å². The molecule has 0 heterocycles. The summed E-state index contributed by atoms with van der Waals surface area (Å²) in [6.07, 6.45) is 3.22. The van der Waals surface area contributed by atoms with Crippen LogP contribution in [-0.2, 0) is 0 Å². The normalized spacial score (nSPS) is 12.8. The molecule has 1 nitrogen and oxygen atoms in total. The number of benzene rings is 1. The number of nitrogens with two attached hydrogens (primary N) is 1. The third-order valence-corrected chi connectivity index (χ3v) is 2.59. The Bertz CT molecular complexity index is 256. The minimum absolute atomic E-state index is 0.164. The summed E-state index contributed by atoms with van der Waals surface area (Å²) in [4.78, 5) is 0. The van der Waals surface area contributed by atoms with Gasteiger partial charge >= 0.3 is 0 Å². The third kappa shape index (κ3) is 3.11. The van der Waals surface area contributed by atoms with E-state index < -0.39 is 0 Å². The summed E-state index contributed by atoms with van der Waals surface area (Å²) in [6, 6.07) is 6.81. The lowest BCUT2D eigenvalue weighted by molar-refractivity contribution is 0.577. The fourth-order valence-corrected chi connectivity index (χ4v) is 1.71. The number of rotatable bonds is 5. The van der Waals surface area contributed by atoms with Crippen molar-refractivity contribution in [2.45, 2.75) is 32.1 Å². The quantitative estimate of drug-likeness (QED) is 0.767. The Morgan fingerprint density at radius 2 is 1.93 bits per heavy atom. The standard InChI is InChI=1S/C12H18FN/c1-2-10(4-3-9-14)11-5-7-12(13)8-6-11/h5-8,10H,2-4,9,14H2,1H3. The van der Waals surface area contributed by atoms with Crippen molar-refractivity contribution in [1.29, 1.82) is 0 Å². The molecule has 1 unspecified atom stereocenters. The summed E-state index contributed by atoms with van der Waals surface area (Å²) in [6.45, 7) is 2.89. The average Bonchev–Trinajstić information content (AvgIpc) is 2.21. The van der Waals surface area contributed by atoms with Gasteiger partial charge in [0.15, 0.2) is 0 Å². The van der Waals surface area contributed by atoms with Crippen LogP contribution in [-0.4, -0.2) is 6.54 Å². The molecule has 0 aliphatic rings. The van der Waals surface area contributed by atoms with Crippen LogP contribution in [0, 0.1) is 5.82 Å². The Morgan fingerprint density at radius 1 is 1.29 bits per heavy atom. The second-order valence-electron chi connectivity index (χ2n) is 3.59. The van der Waals surface area contributed by atoms with Crippen molar-refractivity contribution in [3.63, 3.8) is 0 Å². The molecule has 0 aliphatic carbocycles. The van der Waals surface area contributed by atoms with Crippen LogP contribution < -0.4 is 5.73 Å². The first kappa shape index (κ1) is 11.2. The molecule has 14 heavy (non-hydrogen) atoms. The van der Waals surface area contributed by atoms with Gasteiger partial charge in [-0.05, 0) is 49.4 Å². The first-order valence-electron chi connectivity index (χ1n) is 5.23. The second kappa shape index (κ2) is 5.76. The van der Waals surface area contributed by atoms with Crippen LogP contribution >= 0.6 is 0 Å². The lowest BCUT2D eigenvalue weighted by Crippen LogP contribution is -2.03. The van der Waals surface area contributed by atoms with E-state index >= 15 is 0 Å². The molecule has 0 spiro atoms. The van der Waals surface area contributed by atoms with Crippen LogP contribution in [0.4, 0.5) is 4.39 Å². The van der Waals surface area contributed by atoms with Crippen molar-refractivity contribution in [2.75, 3.05) is 6.54 Å². The fourth-order valence-electron chi connectivity index (χ4n) is 1.71. The van der Waals surface area contributed by atoms with Crippen molar-refractivity contribution >= 4 is 0 Å². The van der Waals surface area contributed by atoms with Gasteiger partial charge in [0.2, 0.25) is 0 Å². The van der Waals surface area contributed by atoms with Crippen molar-refractivity contribution in [3.8, 4) is 0 Å². The molecule has 78 valence electrons. The summed E-state index contributed by atoms with van der Waals surface area (Å²) in [7, 11) is 0. The van der Waals surface area contributed by atoms with Gasteiger partial charge in [-0.1, -0.05) is 19.1 Å². The van der Waals surface area contributed by atoms with Gasteiger partial charge in [0.1, 0.15) is 5.82 Å². The molecule has 0 bridgehead atoms. The van der Waals surface area contributed by atoms with Crippen LogP contribution in [0.25, 0.3) is 0 Å². The SMILES string of the molecule is CCC(CCCN)c1ccc(F)cc1. The summed E-state index contributed by atoms with van der Waals surface area (Å²) in [5.74, 6) is 0.363. The Kier molecular flexibility index (Phi) is 4.60. The van der Waals surface area contributed by atoms with Gasteiger partial charge in [-0.3, -0.25) is 0 Å². The maximum Gasteiger partial charge on any atom is 0.123 e. The average molecular weight is 195 g/mol. The molecule has 1 aromatic carbocycles. The van der Waals surface area contributed by atoms with Crippen LogP contribution in [0.1, 0.15) is 37.7 Å². The molecule has 1 rings (SSSR count). The van der Waals surface area contributed by atoms with Gasteiger partial charge in [-0.15, -0.1) is 0 Å². The molecule has 0 fully saturated rings. The summed E-state index contributed by atoms with van der Waals surface area (Å²) >= 11 is 0. The fraction of sp³-hybridized carbons (Fsp3) is 0.500. The largest absolute Gasteiger partial charge is 0.330 e. The van der Waals surface area contributed by atoms with Gasteiger partial charge in [0, 0.05) is 0 Å². The predicted molar refractivity (Wildman–Crippen MR) is 57.7 cm³/mol. The molecule has 1 aromatic rings.